The number of hydrogen-bond acceptors (Lipinski definition) is 10. The minimum absolute atomic E-state index is 0.109. The van der Waals surface area contributed by atoms with E-state index in [9.17, 15) is 22.8 Å². The highest BCUT2D eigenvalue weighted by Gasteiger charge is 2.25. The number of hydrogen-bond donors (Lipinski definition) is 1. The Labute approximate surface area is 145 Å². The van der Waals surface area contributed by atoms with Crippen LogP contribution in [0.2, 0.25) is 0 Å². The molecule has 0 atom stereocenters. The van der Waals surface area contributed by atoms with Crippen LogP contribution in [0.25, 0.3) is 0 Å². The van der Waals surface area contributed by atoms with Crippen LogP contribution in [0.5, 0.6) is 0 Å². The molecule has 0 heterocycles. The smallest absolute Gasteiger partial charge is 0.333 e. The lowest BCUT2D eigenvalue weighted by atomic mass is 10.2. The van der Waals surface area contributed by atoms with Crippen LogP contribution in [0.4, 0.5) is 0 Å². The molecule has 11 heteroatoms. The van der Waals surface area contributed by atoms with Crippen LogP contribution in [0.3, 0.4) is 0 Å². The van der Waals surface area contributed by atoms with Gasteiger partial charge in [-0.2, -0.15) is 18.6 Å². The first-order valence-electron chi connectivity index (χ1n) is 6.93. The highest BCUT2D eigenvalue weighted by atomic mass is 32.2. The number of rotatable bonds is 11. The molecule has 0 aromatic carbocycles. The first-order chi connectivity index (χ1) is 11.5. The summed E-state index contributed by atoms with van der Waals surface area (Å²) in [5, 5.41) is 0. The minimum Gasteiger partial charge on any atom is -0.464 e. The summed E-state index contributed by atoms with van der Waals surface area (Å²) in [7, 11) is -4.01. The van der Waals surface area contributed by atoms with E-state index in [4.69, 9.17) is 14.2 Å². The summed E-state index contributed by atoms with van der Waals surface area (Å²) in [6, 6.07) is 0. The van der Waals surface area contributed by atoms with E-state index in [0.717, 1.165) is 0 Å². The molecule has 0 saturated carbocycles. The molecule has 0 aliphatic carbocycles. The Morgan fingerprint density at radius 3 is 1.76 bits per heavy atom. The van der Waals surface area contributed by atoms with Gasteiger partial charge in [0.1, 0.15) is 31.5 Å². The zero-order valence-corrected chi connectivity index (χ0v) is 14.8. The molecule has 0 unspecified atom stereocenters. The van der Waals surface area contributed by atoms with Crippen molar-refractivity contribution >= 4 is 28.0 Å². The van der Waals surface area contributed by atoms with Crippen LogP contribution in [0.1, 0.15) is 13.8 Å². The van der Waals surface area contributed by atoms with E-state index in [2.05, 4.69) is 23.3 Å². The first kappa shape index (κ1) is 22.8. The summed E-state index contributed by atoms with van der Waals surface area (Å²) in [5.74, 6) is 0.287. The van der Waals surface area contributed by atoms with E-state index in [-0.39, 0.29) is 11.1 Å². The fourth-order valence-corrected chi connectivity index (χ4v) is 1.58. The average molecular weight is 379 g/mol. The zero-order valence-electron chi connectivity index (χ0n) is 14.0. The molecular formula is C14H21NO9S. The van der Waals surface area contributed by atoms with Gasteiger partial charge in [-0.25, -0.2) is 9.59 Å². The van der Waals surface area contributed by atoms with Gasteiger partial charge >= 0.3 is 17.9 Å². The molecule has 0 saturated heterocycles. The summed E-state index contributed by atoms with van der Waals surface area (Å²) in [6.07, 6.45) is 0. The van der Waals surface area contributed by atoms with Crippen LogP contribution in [0.15, 0.2) is 24.3 Å². The number of carbonyl (C=O) groups is 3. The minimum atomic E-state index is -4.01. The van der Waals surface area contributed by atoms with Gasteiger partial charge in [-0.1, -0.05) is 13.2 Å². The van der Waals surface area contributed by atoms with Crippen molar-refractivity contribution in [2.24, 2.45) is 11.8 Å². The molecule has 0 aromatic heterocycles. The Kier molecular flexibility index (Phi) is 9.64. The highest BCUT2D eigenvalue weighted by Crippen LogP contribution is 2.07. The van der Waals surface area contributed by atoms with Crippen LogP contribution in [0, 0.1) is 5.92 Å². The molecule has 10 nitrogen and oxygen atoms in total. The average Bonchev–Trinajstić information content (AvgIpc) is 2.53. The topological polar surface area (TPSA) is 148 Å². The summed E-state index contributed by atoms with van der Waals surface area (Å²) in [5.41, 5.74) is 0.217. The Morgan fingerprint density at radius 2 is 1.40 bits per heavy atom. The quantitative estimate of drug-likeness (QED) is 0.217. The summed E-state index contributed by atoms with van der Waals surface area (Å²) >= 11 is 0. The molecule has 25 heavy (non-hydrogen) atoms. The van der Waals surface area contributed by atoms with Gasteiger partial charge in [0.25, 0.3) is 10.1 Å². The van der Waals surface area contributed by atoms with Gasteiger partial charge in [-0.05, 0) is 13.8 Å². The van der Waals surface area contributed by atoms with Crippen molar-refractivity contribution in [2.45, 2.75) is 13.8 Å². The van der Waals surface area contributed by atoms with Crippen molar-refractivity contribution in [1.82, 2.24) is 0 Å². The third-order valence-electron chi connectivity index (χ3n) is 2.59. The molecule has 0 aliphatic rings. The van der Waals surface area contributed by atoms with E-state index in [1.807, 2.05) is 0 Å². The van der Waals surface area contributed by atoms with Crippen LogP contribution >= 0.6 is 0 Å². The van der Waals surface area contributed by atoms with E-state index >= 15 is 0 Å². The number of carbonyl (C=O) groups excluding carboxylic acids is 3. The second kappa shape index (κ2) is 10.6. The van der Waals surface area contributed by atoms with Crippen molar-refractivity contribution in [1.29, 1.82) is 0 Å². The van der Waals surface area contributed by atoms with E-state index in [1.165, 1.54) is 13.8 Å². The van der Waals surface area contributed by atoms with Crippen molar-refractivity contribution in [3.05, 3.63) is 24.3 Å². The maximum atomic E-state index is 12.0. The Balaban J connectivity index is 4.75. The molecule has 0 fully saturated rings. The third kappa shape index (κ3) is 9.59. The van der Waals surface area contributed by atoms with E-state index in [0.29, 0.717) is 0 Å². The van der Waals surface area contributed by atoms with Gasteiger partial charge in [-0.15, -0.1) is 0 Å². The lowest BCUT2D eigenvalue weighted by molar-refractivity contribution is -0.157. The lowest BCUT2D eigenvalue weighted by Gasteiger charge is -2.16. The van der Waals surface area contributed by atoms with Crippen molar-refractivity contribution < 1.29 is 41.3 Å². The fourth-order valence-electron chi connectivity index (χ4n) is 1.19. The van der Waals surface area contributed by atoms with Crippen LogP contribution in [-0.2, 0) is 43.0 Å². The van der Waals surface area contributed by atoms with Crippen molar-refractivity contribution in [2.75, 3.05) is 25.6 Å². The normalized spacial score (nSPS) is 10.9. The maximum Gasteiger partial charge on any atom is 0.333 e. The van der Waals surface area contributed by atoms with Gasteiger partial charge in [0.15, 0.2) is 0 Å². The molecule has 0 spiro atoms. The molecule has 2 N–H and O–H groups in total. The summed E-state index contributed by atoms with van der Waals surface area (Å²) < 4.78 is 40.2. The lowest BCUT2D eigenvalue weighted by Crippen LogP contribution is -2.31. The van der Waals surface area contributed by atoms with Gasteiger partial charge in [0, 0.05) is 11.1 Å². The fraction of sp³-hybridized carbons (Fsp3) is 0.500. The first-order valence-corrected chi connectivity index (χ1v) is 8.50. The predicted molar refractivity (Wildman–Crippen MR) is 85.1 cm³/mol. The summed E-state index contributed by atoms with van der Waals surface area (Å²) in [4.78, 5) is 34.8. The molecule has 0 aliphatic heterocycles. The number of nitrogens with two attached hydrogens (primary N) is 1. The SMILES string of the molecule is C=C(C)C(=O)OCC(COC(=O)C(=C)C)C(=O)OCCS(=O)(=O)ON. The Bertz CT molecular complexity index is 609. The summed E-state index contributed by atoms with van der Waals surface area (Å²) in [6.45, 7) is 8.14. The standard InChI is InChI=1S/C14H21NO9S/c1-9(2)12(16)22-7-11(8-23-13(17)10(3)4)14(18)21-5-6-25(19,20)24-15/h11H,1,3,5-8,15H2,2,4H3. The Hall–Kier alpha value is -2.24. The maximum absolute atomic E-state index is 12.0. The second-order valence-electron chi connectivity index (χ2n) is 4.98. The molecule has 0 radical (unpaired) electrons. The molecule has 142 valence electrons. The third-order valence-corrected chi connectivity index (χ3v) is 3.55. The molecule has 0 bridgehead atoms. The van der Waals surface area contributed by atoms with Gasteiger partial charge < -0.3 is 14.2 Å². The van der Waals surface area contributed by atoms with E-state index in [1.54, 1.807) is 0 Å². The molecule has 0 amide bonds. The van der Waals surface area contributed by atoms with Gasteiger partial charge in [0.2, 0.25) is 0 Å². The van der Waals surface area contributed by atoms with Crippen molar-refractivity contribution in [3.8, 4) is 0 Å². The Morgan fingerprint density at radius 1 is 0.960 bits per heavy atom. The van der Waals surface area contributed by atoms with E-state index < -0.39 is 59.5 Å². The zero-order chi connectivity index (χ0) is 19.6. The second-order valence-corrected chi connectivity index (χ2v) is 6.70. The van der Waals surface area contributed by atoms with Crippen LogP contribution < -0.4 is 5.90 Å². The number of esters is 3. The highest BCUT2D eigenvalue weighted by molar-refractivity contribution is 7.86. The van der Waals surface area contributed by atoms with Crippen LogP contribution in [-0.4, -0.2) is 51.9 Å². The number of ether oxygens (including phenoxy) is 3. The largest absolute Gasteiger partial charge is 0.464 e. The molecule has 0 rings (SSSR count). The van der Waals surface area contributed by atoms with Gasteiger partial charge in [-0.3, -0.25) is 4.79 Å². The molecular weight excluding hydrogens is 358 g/mol. The van der Waals surface area contributed by atoms with Gasteiger partial charge in [0.05, 0.1) is 0 Å². The monoisotopic (exact) mass is 379 g/mol. The predicted octanol–water partition coefficient (Wildman–Crippen LogP) is -0.395. The molecule has 0 aromatic rings. The van der Waals surface area contributed by atoms with Crippen molar-refractivity contribution in [3.63, 3.8) is 0 Å².